The molecule has 0 saturated carbocycles. The monoisotopic (exact) mass is 377 g/mol. The summed E-state index contributed by atoms with van der Waals surface area (Å²) in [6.07, 6.45) is 5.67. The van der Waals surface area contributed by atoms with Crippen molar-refractivity contribution in [2.24, 2.45) is 0 Å². The normalized spacial score (nSPS) is 15.9. The lowest BCUT2D eigenvalue weighted by Gasteiger charge is -2.38. The van der Waals surface area contributed by atoms with Gasteiger partial charge in [0.25, 0.3) is 0 Å². The zero-order valence-electron chi connectivity index (χ0n) is 16.9. The maximum atomic E-state index is 13.4. The molecule has 0 radical (unpaired) electrons. The summed E-state index contributed by atoms with van der Waals surface area (Å²) in [5.41, 5.74) is 2.53. The summed E-state index contributed by atoms with van der Waals surface area (Å²) in [5.74, 6) is -0.0740. The van der Waals surface area contributed by atoms with E-state index in [2.05, 4.69) is 4.98 Å². The fourth-order valence-corrected chi connectivity index (χ4v) is 3.54. The van der Waals surface area contributed by atoms with Crippen molar-refractivity contribution in [3.05, 3.63) is 71.7 Å². The SMILES string of the molecule is CC(=O)N1C=Cc2ccccc2[C@H]1CC(=O)N(Cc1ccccn1)C(C)(C)C. The van der Waals surface area contributed by atoms with Crippen molar-refractivity contribution in [3.8, 4) is 0 Å². The lowest BCUT2D eigenvalue weighted by atomic mass is 9.92. The fraction of sp³-hybridized carbons (Fsp3) is 0.348. The van der Waals surface area contributed by atoms with Gasteiger partial charge in [0.1, 0.15) is 0 Å². The van der Waals surface area contributed by atoms with Gasteiger partial charge >= 0.3 is 0 Å². The standard InChI is InChI=1S/C23H27N3O2/c1-17(27)25-14-12-18-9-5-6-11-20(18)21(25)15-22(28)26(23(2,3)4)16-19-10-7-8-13-24-19/h5-14,21H,15-16H2,1-4H3/t21-/m1/s1. The van der Waals surface area contributed by atoms with Crippen molar-refractivity contribution in [1.29, 1.82) is 0 Å². The van der Waals surface area contributed by atoms with Crippen LogP contribution >= 0.6 is 0 Å². The zero-order valence-corrected chi connectivity index (χ0v) is 16.9. The van der Waals surface area contributed by atoms with Crippen molar-refractivity contribution < 1.29 is 9.59 Å². The smallest absolute Gasteiger partial charge is 0.225 e. The summed E-state index contributed by atoms with van der Waals surface area (Å²) in [6, 6.07) is 13.3. The maximum Gasteiger partial charge on any atom is 0.225 e. The predicted octanol–water partition coefficient (Wildman–Crippen LogP) is 4.17. The molecule has 5 nitrogen and oxygen atoms in total. The lowest BCUT2D eigenvalue weighted by molar-refractivity contribution is -0.139. The van der Waals surface area contributed by atoms with E-state index in [0.29, 0.717) is 6.54 Å². The summed E-state index contributed by atoms with van der Waals surface area (Å²) < 4.78 is 0. The largest absolute Gasteiger partial charge is 0.332 e. The zero-order chi connectivity index (χ0) is 20.3. The Morgan fingerprint density at radius 3 is 2.46 bits per heavy atom. The third-order valence-corrected chi connectivity index (χ3v) is 4.99. The molecule has 2 heterocycles. The highest BCUT2D eigenvalue weighted by Crippen LogP contribution is 2.34. The number of carbonyl (C=O) groups excluding carboxylic acids is 2. The van der Waals surface area contributed by atoms with E-state index in [-0.39, 0.29) is 29.8 Å². The van der Waals surface area contributed by atoms with Gasteiger partial charge in [-0.25, -0.2) is 0 Å². The first-order chi connectivity index (χ1) is 13.3. The van der Waals surface area contributed by atoms with Crippen LogP contribution in [0.25, 0.3) is 6.08 Å². The molecule has 1 aliphatic heterocycles. The molecule has 2 aromatic rings. The molecule has 0 aliphatic carbocycles. The van der Waals surface area contributed by atoms with Gasteiger partial charge in [-0.05, 0) is 50.1 Å². The fourth-order valence-electron chi connectivity index (χ4n) is 3.54. The highest BCUT2D eigenvalue weighted by Gasteiger charge is 2.33. The molecule has 0 unspecified atom stereocenters. The molecule has 2 amide bonds. The third-order valence-electron chi connectivity index (χ3n) is 4.99. The number of fused-ring (bicyclic) bond motifs is 1. The van der Waals surface area contributed by atoms with Gasteiger partial charge in [-0.2, -0.15) is 0 Å². The van der Waals surface area contributed by atoms with Gasteiger partial charge in [0.15, 0.2) is 0 Å². The molecule has 5 heteroatoms. The van der Waals surface area contributed by atoms with E-state index < -0.39 is 0 Å². The molecular formula is C23H27N3O2. The molecule has 0 saturated heterocycles. The number of hydrogen-bond donors (Lipinski definition) is 0. The third kappa shape index (κ3) is 4.30. The predicted molar refractivity (Wildman–Crippen MR) is 110 cm³/mol. The number of aromatic nitrogens is 1. The topological polar surface area (TPSA) is 53.5 Å². The highest BCUT2D eigenvalue weighted by atomic mass is 16.2. The molecule has 3 rings (SSSR count). The van der Waals surface area contributed by atoms with E-state index in [4.69, 9.17) is 0 Å². The molecule has 146 valence electrons. The van der Waals surface area contributed by atoms with Crippen LogP contribution in [-0.2, 0) is 16.1 Å². The maximum absolute atomic E-state index is 13.4. The molecule has 0 N–H and O–H groups in total. The molecule has 0 fully saturated rings. The van der Waals surface area contributed by atoms with E-state index >= 15 is 0 Å². The minimum absolute atomic E-state index is 0.000457. The van der Waals surface area contributed by atoms with Crippen molar-refractivity contribution in [1.82, 2.24) is 14.8 Å². The number of carbonyl (C=O) groups is 2. The Balaban J connectivity index is 1.89. The molecule has 0 spiro atoms. The molecular weight excluding hydrogens is 350 g/mol. The van der Waals surface area contributed by atoms with Gasteiger partial charge in [0, 0.05) is 24.9 Å². The van der Waals surface area contributed by atoms with Crippen LogP contribution in [0.1, 0.15) is 57.0 Å². The number of pyridine rings is 1. The second-order valence-electron chi connectivity index (χ2n) is 8.06. The van der Waals surface area contributed by atoms with Crippen molar-refractivity contribution >= 4 is 17.9 Å². The van der Waals surface area contributed by atoms with E-state index in [0.717, 1.165) is 16.8 Å². The Morgan fingerprint density at radius 2 is 1.82 bits per heavy atom. The second-order valence-corrected chi connectivity index (χ2v) is 8.06. The Morgan fingerprint density at radius 1 is 1.11 bits per heavy atom. The first kappa shape index (κ1) is 19.8. The number of benzene rings is 1. The van der Waals surface area contributed by atoms with Gasteiger partial charge in [-0.1, -0.05) is 30.3 Å². The Bertz CT molecular complexity index is 884. The van der Waals surface area contributed by atoms with E-state index in [1.54, 1.807) is 17.3 Å². The van der Waals surface area contributed by atoms with Crippen LogP contribution in [0.3, 0.4) is 0 Å². The van der Waals surface area contributed by atoms with E-state index in [1.807, 2.05) is 74.2 Å². The average Bonchev–Trinajstić information content (AvgIpc) is 2.66. The second kappa shape index (κ2) is 7.97. The van der Waals surface area contributed by atoms with Crippen molar-refractivity contribution in [2.45, 2.75) is 52.2 Å². The van der Waals surface area contributed by atoms with Gasteiger partial charge in [0.2, 0.25) is 11.8 Å². The summed E-state index contributed by atoms with van der Waals surface area (Å²) in [7, 11) is 0. The first-order valence-corrected chi connectivity index (χ1v) is 9.54. The molecule has 28 heavy (non-hydrogen) atoms. The highest BCUT2D eigenvalue weighted by molar-refractivity contribution is 5.82. The summed E-state index contributed by atoms with van der Waals surface area (Å²) >= 11 is 0. The van der Waals surface area contributed by atoms with Crippen LogP contribution in [-0.4, -0.2) is 32.1 Å². The van der Waals surface area contributed by atoms with Crippen molar-refractivity contribution in [2.75, 3.05) is 0 Å². The van der Waals surface area contributed by atoms with Gasteiger partial charge in [0.05, 0.1) is 24.7 Å². The number of amides is 2. The van der Waals surface area contributed by atoms with Crippen LogP contribution < -0.4 is 0 Å². The molecule has 1 aromatic carbocycles. The molecule has 1 atom stereocenters. The minimum Gasteiger partial charge on any atom is -0.332 e. The minimum atomic E-state index is -0.361. The summed E-state index contributed by atoms with van der Waals surface area (Å²) in [5, 5.41) is 0. The van der Waals surface area contributed by atoms with E-state index in [1.165, 1.54) is 6.92 Å². The average molecular weight is 377 g/mol. The van der Waals surface area contributed by atoms with E-state index in [9.17, 15) is 9.59 Å². The number of nitrogens with zero attached hydrogens (tertiary/aromatic N) is 3. The number of rotatable bonds is 4. The molecule has 1 aromatic heterocycles. The molecule has 1 aliphatic rings. The van der Waals surface area contributed by atoms with Crippen LogP contribution in [0.15, 0.2) is 54.9 Å². The van der Waals surface area contributed by atoms with Crippen molar-refractivity contribution in [3.63, 3.8) is 0 Å². The van der Waals surface area contributed by atoms with Gasteiger partial charge in [-0.3, -0.25) is 14.6 Å². The van der Waals surface area contributed by atoms with Crippen LogP contribution in [0.4, 0.5) is 0 Å². The Hall–Kier alpha value is -2.95. The summed E-state index contributed by atoms with van der Waals surface area (Å²) in [4.78, 5) is 33.4. The Kier molecular flexibility index (Phi) is 5.63. The number of hydrogen-bond acceptors (Lipinski definition) is 3. The lowest BCUT2D eigenvalue weighted by Crippen LogP contribution is -2.46. The quantitative estimate of drug-likeness (QED) is 0.803. The Labute approximate surface area is 166 Å². The van der Waals surface area contributed by atoms with Crippen LogP contribution in [0.5, 0.6) is 0 Å². The summed E-state index contributed by atoms with van der Waals surface area (Å²) in [6.45, 7) is 8.03. The molecule has 0 bridgehead atoms. The van der Waals surface area contributed by atoms with Crippen LogP contribution in [0.2, 0.25) is 0 Å². The van der Waals surface area contributed by atoms with Gasteiger partial charge < -0.3 is 9.80 Å². The van der Waals surface area contributed by atoms with Crippen LogP contribution in [0, 0.1) is 0 Å². The first-order valence-electron chi connectivity index (χ1n) is 9.54. The van der Waals surface area contributed by atoms with Gasteiger partial charge in [-0.15, -0.1) is 0 Å².